The van der Waals surface area contributed by atoms with E-state index < -0.39 is 11.9 Å². The van der Waals surface area contributed by atoms with Crippen LogP contribution in [0, 0.1) is 6.92 Å². The van der Waals surface area contributed by atoms with E-state index in [9.17, 15) is 9.59 Å². The number of amides is 2. The quantitative estimate of drug-likeness (QED) is 0.939. The standard InChI is InChI=1S/C15H15N3O2S/c1-9-17-12(13(21-9)10-5-3-2-4-6-10)15(20)18-8-7-11(18)14(16)19/h2-6,11H,7-8H2,1H3,(H2,16,19). The molecule has 1 atom stereocenters. The van der Waals surface area contributed by atoms with Crippen LogP contribution in [0.2, 0.25) is 0 Å². The van der Waals surface area contributed by atoms with Crippen molar-refractivity contribution in [3.8, 4) is 10.4 Å². The lowest BCUT2D eigenvalue weighted by Gasteiger charge is -2.38. The van der Waals surface area contributed by atoms with Crippen molar-refractivity contribution < 1.29 is 9.59 Å². The minimum atomic E-state index is -0.497. The Morgan fingerprint density at radius 2 is 2.05 bits per heavy atom. The van der Waals surface area contributed by atoms with E-state index in [2.05, 4.69) is 4.98 Å². The fourth-order valence-electron chi connectivity index (χ4n) is 2.42. The van der Waals surface area contributed by atoms with E-state index in [0.717, 1.165) is 15.4 Å². The normalized spacial score (nSPS) is 17.4. The molecule has 1 aliphatic heterocycles. The van der Waals surface area contributed by atoms with Crippen LogP contribution in [-0.4, -0.2) is 34.3 Å². The van der Waals surface area contributed by atoms with Crippen LogP contribution in [0.1, 0.15) is 21.9 Å². The minimum absolute atomic E-state index is 0.215. The average molecular weight is 301 g/mol. The molecular weight excluding hydrogens is 286 g/mol. The van der Waals surface area contributed by atoms with E-state index in [-0.39, 0.29) is 5.91 Å². The third-order valence-corrected chi connectivity index (χ3v) is 4.60. The maximum absolute atomic E-state index is 12.6. The number of carbonyl (C=O) groups excluding carboxylic acids is 2. The first-order chi connectivity index (χ1) is 10.1. The van der Waals surface area contributed by atoms with Crippen molar-refractivity contribution in [2.24, 2.45) is 5.73 Å². The first kappa shape index (κ1) is 13.8. The monoisotopic (exact) mass is 301 g/mol. The Morgan fingerprint density at radius 3 is 2.62 bits per heavy atom. The number of benzene rings is 1. The maximum Gasteiger partial charge on any atom is 0.274 e. The minimum Gasteiger partial charge on any atom is -0.368 e. The molecule has 0 radical (unpaired) electrons. The zero-order valence-electron chi connectivity index (χ0n) is 11.6. The Kier molecular flexibility index (Phi) is 3.47. The van der Waals surface area contributed by atoms with E-state index in [4.69, 9.17) is 5.73 Å². The molecule has 5 nitrogen and oxygen atoms in total. The lowest BCUT2D eigenvalue weighted by atomic mass is 10.0. The van der Waals surface area contributed by atoms with E-state index >= 15 is 0 Å². The summed E-state index contributed by atoms with van der Waals surface area (Å²) in [7, 11) is 0. The number of aromatic nitrogens is 1. The van der Waals surface area contributed by atoms with Crippen LogP contribution < -0.4 is 5.73 Å². The van der Waals surface area contributed by atoms with E-state index in [1.165, 1.54) is 16.2 Å². The molecule has 21 heavy (non-hydrogen) atoms. The zero-order valence-corrected chi connectivity index (χ0v) is 12.4. The molecule has 0 saturated carbocycles. The van der Waals surface area contributed by atoms with Gasteiger partial charge in [0.25, 0.3) is 5.91 Å². The molecule has 2 heterocycles. The molecule has 6 heteroatoms. The third kappa shape index (κ3) is 2.42. The molecule has 3 rings (SSSR count). The average Bonchev–Trinajstić information content (AvgIpc) is 2.80. The number of nitrogens with zero attached hydrogens (tertiary/aromatic N) is 2. The molecule has 1 unspecified atom stereocenters. The number of primary amides is 1. The molecular formula is C15H15N3O2S. The van der Waals surface area contributed by atoms with E-state index in [1.807, 2.05) is 37.3 Å². The maximum atomic E-state index is 12.6. The SMILES string of the molecule is Cc1nc(C(=O)N2CCC2C(N)=O)c(-c2ccccc2)s1. The highest BCUT2D eigenvalue weighted by molar-refractivity contribution is 7.15. The van der Waals surface area contributed by atoms with Gasteiger partial charge in [-0.3, -0.25) is 9.59 Å². The number of thiazole rings is 1. The highest BCUT2D eigenvalue weighted by Crippen LogP contribution is 2.32. The summed E-state index contributed by atoms with van der Waals surface area (Å²) < 4.78 is 0. The number of hydrogen-bond donors (Lipinski definition) is 1. The Balaban J connectivity index is 1.96. The van der Waals surface area contributed by atoms with Gasteiger partial charge in [0.05, 0.1) is 9.88 Å². The molecule has 108 valence electrons. The van der Waals surface area contributed by atoms with Crippen molar-refractivity contribution in [3.63, 3.8) is 0 Å². The summed E-state index contributed by atoms with van der Waals surface area (Å²) in [5.41, 5.74) is 6.68. The van der Waals surface area contributed by atoms with Crippen molar-refractivity contribution in [1.29, 1.82) is 0 Å². The first-order valence-electron chi connectivity index (χ1n) is 6.71. The van der Waals surface area contributed by atoms with Gasteiger partial charge in [-0.15, -0.1) is 11.3 Å². The number of aryl methyl sites for hydroxylation is 1. The predicted octanol–water partition coefficient (Wildman–Crippen LogP) is 1.82. The topological polar surface area (TPSA) is 76.3 Å². The number of hydrogen-bond acceptors (Lipinski definition) is 4. The molecule has 1 aromatic carbocycles. The second kappa shape index (κ2) is 5.29. The van der Waals surface area contributed by atoms with Crippen LogP contribution in [-0.2, 0) is 4.79 Å². The summed E-state index contributed by atoms with van der Waals surface area (Å²) in [6, 6.07) is 9.18. The van der Waals surface area contributed by atoms with Crippen molar-refractivity contribution in [3.05, 3.63) is 41.0 Å². The van der Waals surface area contributed by atoms with Crippen LogP contribution in [0.5, 0.6) is 0 Å². The molecule has 0 spiro atoms. The van der Waals surface area contributed by atoms with Crippen molar-refractivity contribution in [2.45, 2.75) is 19.4 Å². The molecule has 1 fully saturated rings. The summed E-state index contributed by atoms with van der Waals surface area (Å²) in [6.07, 6.45) is 0.630. The molecule has 1 aromatic heterocycles. The molecule has 2 N–H and O–H groups in total. The van der Waals surface area contributed by atoms with Crippen LogP contribution >= 0.6 is 11.3 Å². The Morgan fingerprint density at radius 1 is 1.33 bits per heavy atom. The van der Waals surface area contributed by atoms with Crippen molar-refractivity contribution in [1.82, 2.24) is 9.88 Å². The second-order valence-corrected chi connectivity index (χ2v) is 6.19. The van der Waals surface area contributed by atoms with Crippen molar-refractivity contribution in [2.75, 3.05) is 6.54 Å². The summed E-state index contributed by atoms with van der Waals surface area (Å²) >= 11 is 1.48. The smallest absolute Gasteiger partial charge is 0.274 e. The molecule has 0 bridgehead atoms. The molecule has 2 aromatic rings. The van der Waals surface area contributed by atoms with Crippen LogP contribution in [0.15, 0.2) is 30.3 Å². The first-order valence-corrected chi connectivity index (χ1v) is 7.52. The number of rotatable bonds is 3. The number of carbonyl (C=O) groups is 2. The zero-order chi connectivity index (χ0) is 15.0. The lowest BCUT2D eigenvalue weighted by molar-refractivity contribution is -0.125. The van der Waals surface area contributed by atoms with Gasteiger partial charge in [-0.2, -0.15) is 0 Å². The number of nitrogens with two attached hydrogens (primary N) is 1. The van der Waals surface area contributed by atoms with Crippen LogP contribution in [0.25, 0.3) is 10.4 Å². The Bertz CT molecular complexity index is 696. The van der Waals surface area contributed by atoms with E-state index in [1.54, 1.807) is 0 Å². The summed E-state index contributed by atoms with van der Waals surface area (Å²) in [6.45, 7) is 2.42. The van der Waals surface area contributed by atoms with Gasteiger partial charge in [-0.1, -0.05) is 30.3 Å². The summed E-state index contributed by atoms with van der Waals surface area (Å²) in [5, 5.41) is 0.827. The second-order valence-electron chi connectivity index (χ2n) is 4.98. The van der Waals surface area contributed by atoms with Crippen LogP contribution in [0.4, 0.5) is 0 Å². The van der Waals surface area contributed by atoms with Gasteiger partial charge < -0.3 is 10.6 Å². The molecule has 0 aliphatic carbocycles. The van der Waals surface area contributed by atoms with Gasteiger partial charge in [-0.25, -0.2) is 4.98 Å². The largest absolute Gasteiger partial charge is 0.368 e. The lowest BCUT2D eigenvalue weighted by Crippen LogP contribution is -2.57. The van der Waals surface area contributed by atoms with Gasteiger partial charge in [0.15, 0.2) is 0 Å². The van der Waals surface area contributed by atoms with Crippen LogP contribution in [0.3, 0.4) is 0 Å². The van der Waals surface area contributed by atoms with Gasteiger partial charge in [0.2, 0.25) is 5.91 Å². The summed E-state index contributed by atoms with van der Waals surface area (Å²) in [4.78, 5) is 30.6. The van der Waals surface area contributed by atoms with Gasteiger partial charge in [0.1, 0.15) is 11.7 Å². The summed E-state index contributed by atoms with van der Waals surface area (Å²) in [5.74, 6) is -0.670. The highest BCUT2D eigenvalue weighted by Gasteiger charge is 2.38. The third-order valence-electron chi connectivity index (χ3n) is 3.58. The number of likely N-dealkylation sites (tertiary alicyclic amines) is 1. The highest BCUT2D eigenvalue weighted by atomic mass is 32.1. The van der Waals surface area contributed by atoms with Crippen molar-refractivity contribution >= 4 is 23.2 Å². The van der Waals surface area contributed by atoms with E-state index in [0.29, 0.717) is 18.7 Å². The van der Waals surface area contributed by atoms with Gasteiger partial charge in [0, 0.05) is 6.54 Å². The Hall–Kier alpha value is -2.21. The molecule has 1 aliphatic rings. The van der Waals surface area contributed by atoms with Gasteiger partial charge in [-0.05, 0) is 18.9 Å². The Labute approximate surface area is 126 Å². The molecule has 1 saturated heterocycles. The molecule has 2 amide bonds. The fourth-order valence-corrected chi connectivity index (χ4v) is 3.34. The fraction of sp³-hybridized carbons (Fsp3) is 0.267. The predicted molar refractivity (Wildman–Crippen MR) is 80.9 cm³/mol. The van der Waals surface area contributed by atoms with Gasteiger partial charge >= 0.3 is 0 Å².